The van der Waals surface area contributed by atoms with Gasteiger partial charge in [0.1, 0.15) is 5.69 Å². The van der Waals surface area contributed by atoms with Crippen molar-refractivity contribution in [3.8, 4) is 11.3 Å². The van der Waals surface area contributed by atoms with Crippen molar-refractivity contribution in [3.63, 3.8) is 0 Å². The summed E-state index contributed by atoms with van der Waals surface area (Å²) in [6.07, 6.45) is 0. The molecule has 0 unspecified atom stereocenters. The molecular formula is C13H18N4. The average Bonchev–Trinajstić information content (AvgIpc) is 2.73. The summed E-state index contributed by atoms with van der Waals surface area (Å²) in [6, 6.07) is 8.52. The van der Waals surface area contributed by atoms with Gasteiger partial charge in [0.15, 0.2) is 0 Å². The Balaban J connectivity index is 2.64. The minimum Gasteiger partial charge on any atom is -0.325 e. The van der Waals surface area contributed by atoms with E-state index in [1.807, 2.05) is 16.8 Å². The lowest BCUT2D eigenvalue weighted by Crippen LogP contribution is -2.07. The lowest BCUT2D eigenvalue weighted by Gasteiger charge is -2.12. The molecule has 1 aromatic heterocycles. The minimum atomic E-state index is 0.275. The van der Waals surface area contributed by atoms with E-state index in [1.165, 1.54) is 5.56 Å². The Morgan fingerprint density at radius 1 is 1.29 bits per heavy atom. The molecule has 2 aromatic rings. The first kappa shape index (κ1) is 11.8. The molecule has 0 fully saturated rings. The van der Waals surface area contributed by atoms with Crippen LogP contribution in [0.1, 0.15) is 31.1 Å². The number of nitrogens with zero attached hydrogens (tertiary/aromatic N) is 3. The lowest BCUT2D eigenvalue weighted by molar-refractivity contribution is 0.519. The van der Waals surface area contributed by atoms with Crippen molar-refractivity contribution < 1.29 is 0 Å². The van der Waals surface area contributed by atoms with E-state index in [4.69, 9.17) is 5.73 Å². The van der Waals surface area contributed by atoms with Gasteiger partial charge in [-0.25, -0.2) is 4.68 Å². The Hall–Kier alpha value is -1.68. The van der Waals surface area contributed by atoms with E-state index in [1.54, 1.807) is 0 Å². The maximum Gasteiger partial charge on any atom is 0.104 e. The third-order valence-electron chi connectivity index (χ3n) is 2.85. The zero-order chi connectivity index (χ0) is 12.4. The Bertz CT molecular complexity index is 514. The van der Waals surface area contributed by atoms with Crippen LogP contribution in [0.15, 0.2) is 24.3 Å². The van der Waals surface area contributed by atoms with E-state index in [0.29, 0.717) is 6.54 Å². The molecular weight excluding hydrogens is 212 g/mol. The number of rotatable bonds is 3. The van der Waals surface area contributed by atoms with Gasteiger partial charge in [0.25, 0.3) is 0 Å². The van der Waals surface area contributed by atoms with Crippen LogP contribution in [0.5, 0.6) is 0 Å². The highest BCUT2D eigenvalue weighted by molar-refractivity contribution is 5.65. The molecule has 17 heavy (non-hydrogen) atoms. The molecule has 0 amide bonds. The van der Waals surface area contributed by atoms with Crippen molar-refractivity contribution in [2.75, 3.05) is 0 Å². The fourth-order valence-electron chi connectivity index (χ4n) is 1.94. The van der Waals surface area contributed by atoms with Crippen molar-refractivity contribution in [1.82, 2.24) is 15.0 Å². The smallest absolute Gasteiger partial charge is 0.104 e. The first-order valence-electron chi connectivity index (χ1n) is 5.85. The Kier molecular flexibility index (Phi) is 3.24. The molecule has 0 spiro atoms. The number of aromatic nitrogens is 3. The molecule has 0 aliphatic carbocycles. The van der Waals surface area contributed by atoms with Gasteiger partial charge in [0.05, 0.1) is 5.69 Å². The standard InChI is InChI=1S/C13H18N4/c1-9(2)17-13(12(8-14)15-16-17)11-7-5-4-6-10(11)3/h4-7,9H,8,14H2,1-3H3. The Morgan fingerprint density at radius 2 is 2.00 bits per heavy atom. The summed E-state index contributed by atoms with van der Waals surface area (Å²) in [5.74, 6) is 0. The van der Waals surface area contributed by atoms with E-state index >= 15 is 0 Å². The van der Waals surface area contributed by atoms with Gasteiger partial charge in [0.2, 0.25) is 0 Å². The summed E-state index contributed by atoms with van der Waals surface area (Å²) in [7, 11) is 0. The largest absolute Gasteiger partial charge is 0.325 e. The highest BCUT2D eigenvalue weighted by atomic mass is 15.4. The number of hydrogen-bond donors (Lipinski definition) is 1. The minimum absolute atomic E-state index is 0.275. The van der Waals surface area contributed by atoms with Gasteiger partial charge >= 0.3 is 0 Å². The second-order valence-corrected chi connectivity index (χ2v) is 4.44. The molecule has 0 bridgehead atoms. The normalized spacial score (nSPS) is 11.1. The second-order valence-electron chi connectivity index (χ2n) is 4.44. The van der Waals surface area contributed by atoms with E-state index < -0.39 is 0 Å². The molecule has 0 atom stereocenters. The molecule has 0 aliphatic heterocycles. The number of nitrogens with two attached hydrogens (primary N) is 1. The highest BCUT2D eigenvalue weighted by Gasteiger charge is 2.16. The fraction of sp³-hybridized carbons (Fsp3) is 0.385. The van der Waals surface area contributed by atoms with Gasteiger partial charge in [-0.15, -0.1) is 5.10 Å². The van der Waals surface area contributed by atoms with E-state index in [0.717, 1.165) is 17.0 Å². The monoisotopic (exact) mass is 230 g/mol. The maximum absolute atomic E-state index is 5.74. The first-order chi connectivity index (χ1) is 8.15. The molecule has 1 aromatic carbocycles. The molecule has 0 saturated heterocycles. The highest BCUT2D eigenvalue weighted by Crippen LogP contribution is 2.27. The van der Waals surface area contributed by atoms with Crippen LogP contribution in [-0.4, -0.2) is 15.0 Å². The summed E-state index contributed by atoms with van der Waals surface area (Å²) < 4.78 is 1.94. The van der Waals surface area contributed by atoms with Crippen LogP contribution in [0.2, 0.25) is 0 Å². The maximum atomic E-state index is 5.74. The Morgan fingerprint density at radius 3 is 2.59 bits per heavy atom. The van der Waals surface area contributed by atoms with Crippen LogP contribution in [0.3, 0.4) is 0 Å². The van der Waals surface area contributed by atoms with Crippen molar-refractivity contribution in [1.29, 1.82) is 0 Å². The van der Waals surface area contributed by atoms with Crippen molar-refractivity contribution in [3.05, 3.63) is 35.5 Å². The van der Waals surface area contributed by atoms with Crippen LogP contribution in [-0.2, 0) is 6.54 Å². The molecule has 4 nitrogen and oxygen atoms in total. The predicted octanol–water partition coefficient (Wildman–Crippen LogP) is 2.29. The van der Waals surface area contributed by atoms with Crippen LogP contribution in [0, 0.1) is 6.92 Å². The summed E-state index contributed by atoms with van der Waals surface area (Å²) in [5, 5.41) is 8.35. The first-order valence-corrected chi connectivity index (χ1v) is 5.85. The SMILES string of the molecule is Cc1ccccc1-c1c(CN)nnn1C(C)C. The molecule has 0 aliphatic rings. The summed E-state index contributed by atoms with van der Waals surface area (Å²) in [5.41, 5.74) is 10.0. The fourth-order valence-corrected chi connectivity index (χ4v) is 1.94. The molecule has 2 rings (SSSR count). The summed E-state index contributed by atoms with van der Waals surface area (Å²) in [4.78, 5) is 0. The summed E-state index contributed by atoms with van der Waals surface area (Å²) >= 11 is 0. The third kappa shape index (κ3) is 2.08. The van der Waals surface area contributed by atoms with Crippen molar-refractivity contribution in [2.24, 2.45) is 5.73 Å². The Labute approximate surface area is 101 Å². The van der Waals surface area contributed by atoms with Gasteiger partial charge in [-0.1, -0.05) is 29.5 Å². The number of hydrogen-bond acceptors (Lipinski definition) is 3. The van der Waals surface area contributed by atoms with Gasteiger partial charge in [-0.05, 0) is 26.3 Å². The molecule has 0 radical (unpaired) electrons. The van der Waals surface area contributed by atoms with Gasteiger partial charge in [-0.2, -0.15) is 0 Å². The number of benzene rings is 1. The van der Waals surface area contributed by atoms with Crippen molar-refractivity contribution in [2.45, 2.75) is 33.4 Å². The average molecular weight is 230 g/mol. The predicted molar refractivity (Wildman–Crippen MR) is 68.5 cm³/mol. The number of aryl methyl sites for hydroxylation is 1. The zero-order valence-electron chi connectivity index (χ0n) is 10.5. The van der Waals surface area contributed by atoms with Crippen LogP contribution >= 0.6 is 0 Å². The van der Waals surface area contributed by atoms with Gasteiger partial charge < -0.3 is 5.73 Å². The second kappa shape index (κ2) is 4.67. The van der Waals surface area contributed by atoms with Gasteiger partial charge in [-0.3, -0.25) is 0 Å². The molecule has 4 heteroatoms. The molecule has 1 heterocycles. The van der Waals surface area contributed by atoms with E-state index in [-0.39, 0.29) is 6.04 Å². The lowest BCUT2D eigenvalue weighted by atomic mass is 10.0. The molecule has 2 N–H and O–H groups in total. The summed E-state index contributed by atoms with van der Waals surface area (Å²) in [6.45, 7) is 6.69. The van der Waals surface area contributed by atoms with Crippen molar-refractivity contribution >= 4 is 0 Å². The molecule has 90 valence electrons. The quantitative estimate of drug-likeness (QED) is 0.880. The van der Waals surface area contributed by atoms with Gasteiger partial charge in [0, 0.05) is 18.2 Å². The van der Waals surface area contributed by atoms with Crippen LogP contribution < -0.4 is 5.73 Å². The van der Waals surface area contributed by atoms with Crippen LogP contribution in [0.4, 0.5) is 0 Å². The topological polar surface area (TPSA) is 56.7 Å². The zero-order valence-corrected chi connectivity index (χ0v) is 10.5. The van der Waals surface area contributed by atoms with E-state index in [9.17, 15) is 0 Å². The molecule has 0 saturated carbocycles. The van der Waals surface area contributed by atoms with Crippen LogP contribution in [0.25, 0.3) is 11.3 Å². The van der Waals surface area contributed by atoms with E-state index in [2.05, 4.69) is 43.2 Å². The third-order valence-corrected chi connectivity index (χ3v) is 2.85.